The van der Waals surface area contributed by atoms with E-state index >= 15 is 0 Å². The standard InChI is InChI=1S/C11H11N3O2/c1-6(14-12)9-10(15)7-4-2-3-5-8(7)13-11(9)16/h2-5H,12H2,1H3,(H2,13,15,16)/b14-6+. The van der Waals surface area contributed by atoms with Crippen molar-refractivity contribution in [1.29, 1.82) is 0 Å². The first kappa shape index (κ1) is 10.2. The molecule has 0 saturated carbocycles. The van der Waals surface area contributed by atoms with E-state index in [0.29, 0.717) is 16.6 Å². The maximum atomic E-state index is 11.7. The lowest BCUT2D eigenvalue weighted by atomic mass is 10.1. The SMILES string of the molecule is C/C(=N\N)c1c(O)c2ccccc2[nH]c1=O. The summed E-state index contributed by atoms with van der Waals surface area (Å²) in [7, 11) is 0. The number of para-hydroxylation sites is 1. The summed E-state index contributed by atoms with van der Waals surface area (Å²) in [5.41, 5.74) is 0.590. The van der Waals surface area contributed by atoms with Crippen LogP contribution in [0.2, 0.25) is 0 Å². The molecule has 0 bridgehead atoms. The van der Waals surface area contributed by atoms with Crippen LogP contribution in [0.25, 0.3) is 10.9 Å². The average Bonchev–Trinajstić information content (AvgIpc) is 2.28. The van der Waals surface area contributed by atoms with Crippen LogP contribution in [0.4, 0.5) is 0 Å². The Hall–Kier alpha value is -2.30. The van der Waals surface area contributed by atoms with Crippen LogP contribution in [0.15, 0.2) is 34.2 Å². The maximum absolute atomic E-state index is 11.7. The third kappa shape index (κ3) is 1.42. The number of rotatable bonds is 1. The van der Waals surface area contributed by atoms with E-state index < -0.39 is 5.56 Å². The number of pyridine rings is 1. The zero-order valence-electron chi connectivity index (χ0n) is 8.69. The van der Waals surface area contributed by atoms with Gasteiger partial charge in [-0.15, -0.1) is 0 Å². The number of aromatic hydroxyl groups is 1. The average molecular weight is 217 g/mol. The Bertz CT molecular complexity index is 629. The molecule has 2 rings (SSSR count). The van der Waals surface area contributed by atoms with E-state index in [4.69, 9.17) is 5.84 Å². The van der Waals surface area contributed by atoms with Crippen molar-refractivity contribution in [2.24, 2.45) is 10.9 Å². The van der Waals surface area contributed by atoms with Crippen LogP contribution in [0, 0.1) is 0 Å². The van der Waals surface area contributed by atoms with Gasteiger partial charge >= 0.3 is 0 Å². The van der Waals surface area contributed by atoms with E-state index in [0.717, 1.165) is 0 Å². The maximum Gasteiger partial charge on any atom is 0.261 e. The summed E-state index contributed by atoms with van der Waals surface area (Å²) in [6, 6.07) is 6.99. The number of hydrogen-bond acceptors (Lipinski definition) is 4. The van der Waals surface area contributed by atoms with E-state index in [1.807, 2.05) is 0 Å². The van der Waals surface area contributed by atoms with Gasteiger partial charge in [-0.2, -0.15) is 5.10 Å². The van der Waals surface area contributed by atoms with E-state index in [1.165, 1.54) is 0 Å². The lowest BCUT2D eigenvalue weighted by Gasteiger charge is -2.05. The van der Waals surface area contributed by atoms with Gasteiger partial charge in [-0.05, 0) is 19.1 Å². The summed E-state index contributed by atoms with van der Waals surface area (Å²) in [4.78, 5) is 14.4. The topological polar surface area (TPSA) is 91.5 Å². The first-order valence-corrected chi connectivity index (χ1v) is 4.74. The third-order valence-corrected chi connectivity index (χ3v) is 2.45. The number of nitrogens with two attached hydrogens (primary N) is 1. The molecule has 4 N–H and O–H groups in total. The Morgan fingerprint density at radius 3 is 2.81 bits per heavy atom. The Labute approximate surface area is 91.2 Å². The number of H-pyrrole nitrogens is 1. The minimum Gasteiger partial charge on any atom is -0.506 e. The highest BCUT2D eigenvalue weighted by atomic mass is 16.3. The van der Waals surface area contributed by atoms with Gasteiger partial charge < -0.3 is 15.9 Å². The van der Waals surface area contributed by atoms with Crippen molar-refractivity contribution in [1.82, 2.24) is 4.98 Å². The quantitative estimate of drug-likeness (QED) is 0.376. The number of nitrogens with zero attached hydrogens (tertiary/aromatic N) is 1. The zero-order chi connectivity index (χ0) is 11.7. The molecule has 0 aliphatic carbocycles. The summed E-state index contributed by atoms with van der Waals surface area (Å²) in [6.07, 6.45) is 0. The fraction of sp³-hybridized carbons (Fsp3) is 0.0909. The molecule has 5 nitrogen and oxygen atoms in total. The molecule has 1 heterocycles. The van der Waals surface area contributed by atoms with Crippen LogP contribution in [-0.4, -0.2) is 15.8 Å². The van der Waals surface area contributed by atoms with Crippen molar-refractivity contribution >= 4 is 16.6 Å². The lowest BCUT2D eigenvalue weighted by Crippen LogP contribution is -2.17. The molecule has 0 saturated heterocycles. The molecule has 0 amide bonds. The minimum absolute atomic E-state index is 0.0916. The smallest absolute Gasteiger partial charge is 0.261 e. The Kier molecular flexibility index (Phi) is 2.36. The second-order valence-corrected chi connectivity index (χ2v) is 3.44. The van der Waals surface area contributed by atoms with Crippen molar-refractivity contribution in [3.63, 3.8) is 0 Å². The number of aromatic amines is 1. The number of hydrogen-bond donors (Lipinski definition) is 3. The minimum atomic E-state index is -0.400. The number of benzene rings is 1. The molecule has 0 unspecified atom stereocenters. The Morgan fingerprint density at radius 2 is 2.12 bits per heavy atom. The zero-order valence-corrected chi connectivity index (χ0v) is 8.69. The van der Waals surface area contributed by atoms with Crippen molar-refractivity contribution in [2.75, 3.05) is 0 Å². The van der Waals surface area contributed by atoms with Gasteiger partial charge in [0.25, 0.3) is 5.56 Å². The summed E-state index contributed by atoms with van der Waals surface area (Å²) in [5.74, 6) is 5.02. The highest BCUT2D eigenvalue weighted by Gasteiger charge is 2.13. The number of fused-ring (bicyclic) bond motifs is 1. The summed E-state index contributed by atoms with van der Waals surface area (Å²) in [5, 5.41) is 14.0. The second kappa shape index (κ2) is 3.69. The van der Waals surface area contributed by atoms with Crippen LogP contribution in [0.3, 0.4) is 0 Å². The molecule has 0 fully saturated rings. The largest absolute Gasteiger partial charge is 0.506 e. The van der Waals surface area contributed by atoms with Gasteiger partial charge in [0.05, 0.1) is 11.2 Å². The normalized spacial score (nSPS) is 11.9. The first-order valence-electron chi connectivity index (χ1n) is 4.74. The van der Waals surface area contributed by atoms with E-state index in [2.05, 4.69) is 10.1 Å². The molecule has 0 atom stereocenters. The number of aromatic nitrogens is 1. The molecular weight excluding hydrogens is 206 g/mol. The predicted octanol–water partition coefficient (Wildman–Crippen LogP) is 0.916. The molecule has 0 aliphatic heterocycles. The molecule has 0 radical (unpaired) electrons. The van der Waals surface area contributed by atoms with E-state index in [-0.39, 0.29) is 11.3 Å². The van der Waals surface area contributed by atoms with E-state index in [9.17, 15) is 9.90 Å². The van der Waals surface area contributed by atoms with Crippen molar-refractivity contribution in [3.05, 3.63) is 40.2 Å². The third-order valence-electron chi connectivity index (χ3n) is 2.45. The highest BCUT2D eigenvalue weighted by molar-refractivity contribution is 6.04. The lowest BCUT2D eigenvalue weighted by molar-refractivity contribution is 0.479. The predicted molar refractivity (Wildman–Crippen MR) is 62.6 cm³/mol. The van der Waals surface area contributed by atoms with Crippen LogP contribution < -0.4 is 11.4 Å². The summed E-state index contributed by atoms with van der Waals surface area (Å²) >= 11 is 0. The van der Waals surface area contributed by atoms with Gasteiger partial charge in [0.15, 0.2) is 0 Å². The molecule has 1 aromatic heterocycles. The molecule has 16 heavy (non-hydrogen) atoms. The van der Waals surface area contributed by atoms with Crippen LogP contribution in [0.5, 0.6) is 5.75 Å². The van der Waals surface area contributed by atoms with Crippen LogP contribution in [0.1, 0.15) is 12.5 Å². The number of nitrogens with one attached hydrogen (secondary N) is 1. The first-order chi connectivity index (χ1) is 7.65. The van der Waals surface area contributed by atoms with Crippen molar-refractivity contribution < 1.29 is 5.11 Å². The summed E-state index contributed by atoms with van der Waals surface area (Å²) in [6.45, 7) is 1.57. The van der Waals surface area contributed by atoms with Gasteiger partial charge in [-0.1, -0.05) is 12.1 Å². The second-order valence-electron chi connectivity index (χ2n) is 3.44. The van der Waals surface area contributed by atoms with Crippen molar-refractivity contribution in [3.8, 4) is 5.75 Å². The van der Waals surface area contributed by atoms with Gasteiger partial charge in [0.1, 0.15) is 11.3 Å². The molecule has 2 aromatic rings. The molecule has 0 spiro atoms. The summed E-state index contributed by atoms with van der Waals surface area (Å²) < 4.78 is 0. The Morgan fingerprint density at radius 1 is 1.44 bits per heavy atom. The number of hydrazone groups is 1. The molecular formula is C11H11N3O2. The van der Waals surface area contributed by atoms with Gasteiger partial charge in [-0.25, -0.2) is 0 Å². The molecule has 1 aromatic carbocycles. The monoisotopic (exact) mass is 217 g/mol. The van der Waals surface area contributed by atoms with Crippen molar-refractivity contribution in [2.45, 2.75) is 6.92 Å². The molecule has 0 aliphatic rings. The van der Waals surface area contributed by atoms with Gasteiger partial charge in [-0.3, -0.25) is 4.79 Å². The Balaban J connectivity index is 2.92. The van der Waals surface area contributed by atoms with E-state index in [1.54, 1.807) is 31.2 Å². The van der Waals surface area contributed by atoms with Gasteiger partial charge in [0.2, 0.25) is 0 Å². The molecule has 5 heteroatoms. The molecule has 82 valence electrons. The van der Waals surface area contributed by atoms with Crippen LogP contribution in [-0.2, 0) is 0 Å². The fourth-order valence-corrected chi connectivity index (χ4v) is 1.63. The van der Waals surface area contributed by atoms with Crippen LogP contribution >= 0.6 is 0 Å². The van der Waals surface area contributed by atoms with Gasteiger partial charge in [0, 0.05) is 5.39 Å². The fourth-order valence-electron chi connectivity index (χ4n) is 1.63. The highest BCUT2D eigenvalue weighted by Crippen LogP contribution is 2.24.